The summed E-state index contributed by atoms with van der Waals surface area (Å²) in [5.74, 6) is 0.125. The first-order valence-corrected chi connectivity index (χ1v) is 7.15. The maximum atomic E-state index is 11.1. The molecule has 0 bridgehead atoms. The maximum absolute atomic E-state index is 11.1. The average Bonchev–Trinajstić information content (AvgIpc) is 2.30. The van der Waals surface area contributed by atoms with E-state index in [1.165, 1.54) is 0 Å². The van der Waals surface area contributed by atoms with Gasteiger partial charge in [0.2, 0.25) is 0 Å². The van der Waals surface area contributed by atoms with Gasteiger partial charge in [-0.15, -0.1) is 0 Å². The summed E-state index contributed by atoms with van der Waals surface area (Å²) in [6, 6.07) is 6.59. The first kappa shape index (κ1) is 14.2. The number of anilines is 1. The molecule has 0 aliphatic heterocycles. The molecule has 3 nitrogen and oxygen atoms in total. The molecule has 17 heavy (non-hydrogen) atoms. The van der Waals surface area contributed by atoms with E-state index in [2.05, 4.69) is 5.32 Å². The van der Waals surface area contributed by atoms with Gasteiger partial charge in [-0.1, -0.05) is 23.7 Å². The Morgan fingerprint density at radius 3 is 2.82 bits per heavy atom. The number of hydrogen-bond acceptors (Lipinski definition) is 3. The Kier molecular flexibility index (Phi) is 6.22. The summed E-state index contributed by atoms with van der Waals surface area (Å²) < 4.78 is 0. The fourth-order valence-electron chi connectivity index (χ4n) is 1.46. The average molecular weight is 274 g/mol. The summed E-state index contributed by atoms with van der Waals surface area (Å²) in [5, 5.41) is 12.6. The van der Waals surface area contributed by atoms with E-state index in [0.29, 0.717) is 17.1 Å². The van der Waals surface area contributed by atoms with E-state index in [0.717, 1.165) is 12.2 Å². The maximum Gasteiger partial charge on any atom is 0.326 e. The molecule has 0 aliphatic carbocycles. The smallest absolute Gasteiger partial charge is 0.326 e. The summed E-state index contributed by atoms with van der Waals surface area (Å²) in [4.78, 5) is 11.1. The van der Waals surface area contributed by atoms with Gasteiger partial charge in [-0.3, -0.25) is 0 Å². The molecule has 0 fully saturated rings. The normalized spacial score (nSPS) is 12.1. The van der Waals surface area contributed by atoms with Crippen LogP contribution in [-0.4, -0.2) is 29.1 Å². The summed E-state index contributed by atoms with van der Waals surface area (Å²) >= 11 is 7.69. The Bertz CT molecular complexity index is 373. The zero-order valence-electron chi connectivity index (χ0n) is 9.65. The molecule has 0 heterocycles. The number of carbonyl (C=O) groups is 1. The molecule has 0 radical (unpaired) electrons. The first-order chi connectivity index (χ1) is 8.15. The van der Waals surface area contributed by atoms with Crippen molar-refractivity contribution in [2.75, 3.05) is 17.3 Å². The molecule has 1 aromatic carbocycles. The number of aliphatic carboxylic acids is 1. The van der Waals surface area contributed by atoms with Crippen molar-refractivity contribution in [1.29, 1.82) is 0 Å². The van der Waals surface area contributed by atoms with Gasteiger partial charge >= 0.3 is 5.97 Å². The highest BCUT2D eigenvalue weighted by atomic mass is 35.5. The third-order valence-corrected chi connectivity index (χ3v) is 3.37. The SMILES string of the molecule is CSCCCC(Nc1ccccc1Cl)C(=O)O. The van der Waals surface area contributed by atoms with E-state index in [1.807, 2.05) is 18.4 Å². The fourth-order valence-corrected chi connectivity index (χ4v) is 2.10. The summed E-state index contributed by atoms with van der Waals surface area (Å²) in [7, 11) is 0. The van der Waals surface area contributed by atoms with E-state index in [1.54, 1.807) is 23.9 Å². The molecule has 5 heteroatoms. The molecule has 1 atom stereocenters. The van der Waals surface area contributed by atoms with Crippen molar-refractivity contribution < 1.29 is 9.90 Å². The summed E-state index contributed by atoms with van der Waals surface area (Å²) in [6.45, 7) is 0. The minimum absolute atomic E-state index is 0.545. The molecule has 0 aliphatic rings. The van der Waals surface area contributed by atoms with Crippen LogP contribution in [0.1, 0.15) is 12.8 Å². The Morgan fingerprint density at radius 1 is 1.53 bits per heavy atom. The van der Waals surface area contributed by atoms with Crippen LogP contribution < -0.4 is 5.32 Å². The van der Waals surface area contributed by atoms with E-state index in [4.69, 9.17) is 16.7 Å². The van der Waals surface area contributed by atoms with Crippen LogP contribution in [0.25, 0.3) is 0 Å². The van der Waals surface area contributed by atoms with Crippen molar-refractivity contribution in [3.05, 3.63) is 29.3 Å². The highest BCUT2D eigenvalue weighted by Gasteiger charge is 2.17. The number of thioether (sulfide) groups is 1. The van der Waals surface area contributed by atoms with E-state index in [9.17, 15) is 4.79 Å². The number of carboxylic acid groups (broad SMARTS) is 1. The van der Waals surface area contributed by atoms with Crippen LogP contribution in [0, 0.1) is 0 Å². The van der Waals surface area contributed by atoms with Gasteiger partial charge in [0, 0.05) is 0 Å². The Labute approximate surface area is 111 Å². The van der Waals surface area contributed by atoms with E-state index >= 15 is 0 Å². The van der Waals surface area contributed by atoms with Gasteiger partial charge in [0.25, 0.3) is 0 Å². The van der Waals surface area contributed by atoms with Gasteiger partial charge in [0.1, 0.15) is 6.04 Å². The monoisotopic (exact) mass is 273 g/mol. The van der Waals surface area contributed by atoms with Gasteiger partial charge in [-0.2, -0.15) is 11.8 Å². The molecule has 0 saturated heterocycles. The van der Waals surface area contributed by atoms with Crippen molar-refractivity contribution in [2.45, 2.75) is 18.9 Å². The summed E-state index contributed by atoms with van der Waals surface area (Å²) in [5.41, 5.74) is 0.672. The van der Waals surface area contributed by atoms with Gasteiger partial charge in [-0.25, -0.2) is 4.79 Å². The molecule has 1 aromatic rings. The number of hydrogen-bond donors (Lipinski definition) is 2. The second-order valence-corrected chi connectivity index (χ2v) is 5.04. The van der Waals surface area contributed by atoms with Crippen molar-refractivity contribution in [2.24, 2.45) is 0 Å². The Hall–Kier alpha value is -0.870. The largest absolute Gasteiger partial charge is 0.480 e. The van der Waals surface area contributed by atoms with Crippen LogP contribution in [0.3, 0.4) is 0 Å². The number of carboxylic acids is 1. The minimum Gasteiger partial charge on any atom is -0.480 e. The van der Waals surface area contributed by atoms with Crippen molar-refractivity contribution in [3.8, 4) is 0 Å². The van der Waals surface area contributed by atoms with Crippen LogP contribution in [0.2, 0.25) is 5.02 Å². The molecule has 0 aromatic heterocycles. The lowest BCUT2D eigenvalue weighted by atomic mass is 10.1. The molecule has 1 unspecified atom stereocenters. The third kappa shape index (κ3) is 4.88. The van der Waals surface area contributed by atoms with Crippen molar-refractivity contribution in [1.82, 2.24) is 0 Å². The van der Waals surface area contributed by atoms with Crippen LogP contribution in [0.4, 0.5) is 5.69 Å². The second kappa shape index (κ2) is 7.45. The van der Waals surface area contributed by atoms with Crippen LogP contribution in [0.15, 0.2) is 24.3 Å². The fraction of sp³-hybridized carbons (Fsp3) is 0.417. The molecular weight excluding hydrogens is 258 g/mol. The molecular formula is C12H16ClNO2S. The molecule has 1 rings (SSSR count). The zero-order valence-corrected chi connectivity index (χ0v) is 11.2. The topological polar surface area (TPSA) is 49.3 Å². The Balaban J connectivity index is 2.61. The lowest BCUT2D eigenvalue weighted by molar-refractivity contribution is -0.138. The van der Waals surface area contributed by atoms with Gasteiger partial charge in [0.15, 0.2) is 0 Å². The van der Waals surface area contributed by atoms with Gasteiger partial charge < -0.3 is 10.4 Å². The number of para-hydroxylation sites is 1. The van der Waals surface area contributed by atoms with E-state index in [-0.39, 0.29) is 0 Å². The lowest BCUT2D eigenvalue weighted by Crippen LogP contribution is -2.29. The molecule has 2 N–H and O–H groups in total. The molecule has 94 valence electrons. The van der Waals surface area contributed by atoms with E-state index < -0.39 is 12.0 Å². The quantitative estimate of drug-likeness (QED) is 0.748. The van der Waals surface area contributed by atoms with Crippen molar-refractivity contribution >= 4 is 35.0 Å². The van der Waals surface area contributed by atoms with Crippen molar-refractivity contribution in [3.63, 3.8) is 0 Å². The summed E-state index contributed by atoms with van der Waals surface area (Å²) in [6.07, 6.45) is 3.48. The van der Waals surface area contributed by atoms with Crippen LogP contribution in [0.5, 0.6) is 0 Å². The second-order valence-electron chi connectivity index (χ2n) is 3.65. The third-order valence-electron chi connectivity index (χ3n) is 2.34. The molecule has 0 saturated carbocycles. The highest BCUT2D eigenvalue weighted by Crippen LogP contribution is 2.22. The molecule has 0 amide bonds. The molecule has 0 spiro atoms. The number of benzene rings is 1. The minimum atomic E-state index is -0.842. The number of rotatable bonds is 7. The van der Waals surface area contributed by atoms with Gasteiger partial charge in [0.05, 0.1) is 10.7 Å². The standard InChI is InChI=1S/C12H16ClNO2S/c1-17-8-4-7-11(12(15)16)14-10-6-3-2-5-9(10)13/h2-3,5-6,11,14H,4,7-8H2,1H3,(H,15,16). The van der Waals surface area contributed by atoms with Gasteiger partial charge in [-0.05, 0) is 37.0 Å². The number of nitrogens with one attached hydrogen (secondary N) is 1. The zero-order chi connectivity index (χ0) is 12.7. The highest BCUT2D eigenvalue weighted by molar-refractivity contribution is 7.98. The predicted octanol–water partition coefficient (Wildman–Crippen LogP) is 3.35. The Morgan fingerprint density at radius 2 is 2.24 bits per heavy atom. The predicted molar refractivity (Wildman–Crippen MR) is 74.1 cm³/mol. The van der Waals surface area contributed by atoms with Crippen LogP contribution in [-0.2, 0) is 4.79 Å². The van der Waals surface area contributed by atoms with Crippen LogP contribution >= 0.6 is 23.4 Å². The lowest BCUT2D eigenvalue weighted by Gasteiger charge is -2.16. The number of halogens is 1. The first-order valence-electron chi connectivity index (χ1n) is 5.38.